The second-order valence-corrected chi connectivity index (χ2v) is 10.4. The van der Waals surface area contributed by atoms with Crippen molar-refractivity contribution in [3.63, 3.8) is 0 Å². The van der Waals surface area contributed by atoms with Crippen molar-refractivity contribution in [2.24, 2.45) is 5.73 Å². The highest BCUT2D eigenvalue weighted by Gasteiger charge is 2.36. The number of esters is 1. The number of piperidine rings is 1. The number of hydrogen-bond donors (Lipinski definition) is 3. The topological polar surface area (TPSA) is 133 Å². The highest BCUT2D eigenvalue weighted by molar-refractivity contribution is 6.05. The van der Waals surface area contributed by atoms with Crippen molar-refractivity contribution in [3.8, 4) is 5.75 Å². The molecule has 2 aliphatic rings. The zero-order valence-corrected chi connectivity index (χ0v) is 22.9. The van der Waals surface area contributed by atoms with E-state index in [2.05, 4.69) is 4.90 Å². The van der Waals surface area contributed by atoms with Crippen LogP contribution < -0.4 is 15.4 Å². The molecule has 5 rings (SSSR count). The van der Waals surface area contributed by atoms with Gasteiger partial charge in [-0.2, -0.15) is 0 Å². The molecular weight excluding hydrogens is 506 g/mol. The molecule has 3 aromatic rings. The molecule has 3 aromatic carbocycles. The quantitative estimate of drug-likeness (QED) is 0.174. The van der Waals surface area contributed by atoms with Crippen molar-refractivity contribution in [1.82, 2.24) is 4.90 Å². The normalized spacial score (nSPS) is 17.0. The minimum atomic E-state index is -0.546. The van der Waals surface area contributed by atoms with E-state index in [1.807, 2.05) is 61.5 Å². The van der Waals surface area contributed by atoms with E-state index in [0.717, 1.165) is 59.3 Å². The Kier molecular flexibility index (Phi) is 7.73. The van der Waals surface area contributed by atoms with E-state index in [4.69, 9.17) is 26.0 Å². The van der Waals surface area contributed by atoms with Crippen LogP contribution in [0.25, 0.3) is 10.8 Å². The number of amides is 1. The third-order valence-electron chi connectivity index (χ3n) is 7.68. The molecule has 1 amide bonds. The molecular formula is C31H35N5O4. The maximum absolute atomic E-state index is 13.5. The van der Waals surface area contributed by atoms with Crippen LogP contribution in [-0.2, 0) is 20.7 Å². The van der Waals surface area contributed by atoms with Gasteiger partial charge in [-0.25, -0.2) is 0 Å². The number of carbonyl (C=O) groups is 2. The number of nitrogens with zero attached hydrogens (tertiary/aromatic N) is 2. The lowest BCUT2D eigenvalue weighted by molar-refractivity contribution is -0.145. The van der Waals surface area contributed by atoms with Crippen molar-refractivity contribution in [1.29, 1.82) is 10.8 Å². The first-order valence-corrected chi connectivity index (χ1v) is 13.7. The summed E-state index contributed by atoms with van der Waals surface area (Å²) in [7, 11) is 0. The third kappa shape index (κ3) is 5.64. The lowest BCUT2D eigenvalue weighted by Gasteiger charge is -2.32. The van der Waals surface area contributed by atoms with Gasteiger partial charge in [-0.15, -0.1) is 0 Å². The molecule has 9 nitrogen and oxygen atoms in total. The predicted molar refractivity (Wildman–Crippen MR) is 155 cm³/mol. The SMILES string of the molecule is CCOC(=O)CC(=O)N1c2ccc(OC3CCN(C(C)=N)CC3)cc2CC1c1ccc2ccc(C(=N)N)cc2c1. The van der Waals surface area contributed by atoms with Gasteiger partial charge in [0, 0.05) is 37.2 Å². The average Bonchev–Trinajstić information content (AvgIpc) is 3.32. The summed E-state index contributed by atoms with van der Waals surface area (Å²) in [5.41, 5.74) is 9.02. The largest absolute Gasteiger partial charge is 0.490 e. The number of hydrogen-bond acceptors (Lipinski definition) is 6. The van der Waals surface area contributed by atoms with Crippen LogP contribution in [0.3, 0.4) is 0 Å². The highest BCUT2D eigenvalue weighted by atomic mass is 16.5. The molecule has 1 fully saturated rings. The number of carbonyl (C=O) groups excluding carboxylic acids is 2. The Hall–Kier alpha value is -4.40. The van der Waals surface area contributed by atoms with Crippen molar-refractivity contribution in [2.75, 3.05) is 24.6 Å². The third-order valence-corrected chi connectivity index (χ3v) is 7.68. The molecule has 0 spiro atoms. The monoisotopic (exact) mass is 541 g/mol. The maximum atomic E-state index is 13.5. The van der Waals surface area contributed by atoms with Gasteiger partial charge in [0.1, 0.15) is 24.1 Å². The van der Waals surface area contributed by atoms with Crippen LogP contribution in [0.5, 0.6) is 5.75 Å². The van der Waals surface area contributed by atoms with Gasteiger partial charge < -0.3 is 25.0 Å². The molecule has 0 aromatic heterocycles. The minimum Gasteiger partial charge on any atom is -0.490 e. The predicted octanol–water partition coefficient (Wildman–Crippen LogP) is 4.55. The second-order valence-electron chi connectivity index (χ2n) is 10.4. The van der Waals surface area contributed by atoms with Gasteiger partial charge in [-0.05, 0) is 72.5 Å². The molecule has 0 bridgehead atoms. The van der Waals surface area contributed by atoms with E-state index < -0.39 is 5.97 Å². The summed E-state index contributed by atoms with van der Waals surface area (Å²) in [4.78, 5) is 29.5. The highest BCUT2D eigenvalue weighted by Crippen LogP contribution is 2.43. The van der Waals surface area contributed by atoms with Crippen LogP contribution in [0.15, 0.2) is 54.6 Å². The summed E-state index contributed by atoms with van der Waals surface area (Å²) in [6, 6.07) is 17.2. The van der Waals surface area contributed by atoms with E-state index in [9.17, 15) is 9.59 Å². The summed E-state index contributed by atoms with van der Waals surface area (Å²) in [5, 5.41) is 17.6. The van der Waals surface area contributed by atoms with Gasteiger partial charge in [0.05, 0.1) is 18.5 Å². The zero-order valence-electron chi connectivity index (χ0n) is 22.9. The van der Waals surface area contributed by atoms with Crippen molar-refractivity contribution < 1.29 is 19.1 Å². The van der Waals surface area contributed by atoms with Gasteiger partial charge in [0.15, 0.2) is 0 Å². The van der Waals surface area contributed by atoms with Crippen molar-refractivity contribution >= 4 is 40.0 Å². The van der Waals surface area contributed by atoms with Crippen molar-refractivity contribution in [2.45, 2.75) is 51.7 Å². The summed E-state index contributed by atoms with van der Waals surface area (Å²) in [6.45, 7) is 5.35. The zero-order chi connectivity index (χ0) is 28.4. The fourth-order valence-corrected chi connectivity index (χ4v) is 5.64. The fraction of sp³-hybridized carbons (Fsp3) is 0.355. The van der Waals surface area contributed by atoms with Gasteiger partial charge in [-0.1, -0.05) is 24.3 Å². The Morgan fingerprint density at radius 1 is 1.00 bits per heavy atom. The van der Waals surface area contributed by atoms with Crippen LogP contribution in [0.1, 0.15) is 55.8 Å². The van der Waals surface area contributed by atoms with Crippen LogP contribution >= 0.6 is 0 Å². The molecule has 1 saturated heterocycles. The average molecular weight is 542 g/mol. The lowest BCUT2D eigenvalue weighted by atomic mass is 9.97. The Morgan fingerprint density at radius 2 is 1.75 bits per heavy atom. The summed E-state index contributed by atoms with van der Waals surface area (Å²) < 4.78 is 11.4. The first kappa shape index (κ1) is 27.2. The fourth-order valence-electron chi connectivity index (χ4n) is 5.64. The van der Waals surface area contributed by atoms with E-state index >= 15 is 0 Å². The number of fused-ring (bicyclic) bond motifs is 2. The Labute approximate surface area is 233 Å². The summed E-state index contributed by atoms with van der Waals surface area (Å²) >= 11 is 0. The summed E-state index contributed by atoms with van der Waals surface area (Å²) in [5.74, 6) is 0.476. The second kappa shape index (κ2) is 11.4. The smallest absolute Gasteiger partial charge is 0.315 e. The first-order valence-electron chi connectivity index (χ1n) is 13.7. The number of amidine groups is 2. The Morgan fingerprint density at radius 3 is 2.45 bits per heavy atom. The van der Waals surface area contributed by atoms with Gasteiger partial charge in [0.25, 0.3) is 0 Å². The molecule has 4 N–H and O–H groups in total. The van der Waals surface area contributed by atoms with E-state index in [0.29, 0.717) is 17.8 Å². The standard InChI is InChI=1S/C31H35N5O4/c1-3-39-30(38)18-29(37)36-27-9-8-26(40-25-10-12-35(13-11-25)19(2)32)16-24(27)17-28(36)21-6-4-20-5-7-22(31(33)34)15-23(20)14-21/h4-9,14-16,25,28,32H,3,10-13,17-18H2,1-2H3,(H3,33,34). The maximum Gasteiger partial charge on any atom is 0.315 e. The van der Waals surface area contributed by atoms with Crippen LogP contribution in [0.2, 0.25) is 0 Å². The number of ether oxygens (including phenoxy) is 2. The van der Waals surface area contributed by atoms with E-state index in [1.54, 1.807) is 11.8 Å². The van der Waals surface area contributed by atoms with Crippen LogP contribution in [-0.4, -0.2) is 54.2 Å². The molecule has 0 saturated carbocycles. The van der Waals surface area contributed by atoms with Crippen LogP contribution in [0, 0.1) is 10.8 Å². The lowest BCUT2D eigenvalue weighted by Crippen LogP contribution is -2.40. The molecule has 1 atom stereocenters. The first-order chi connectivity index (χ1) is 19.2. The molecule has 208 valence electrons. The number of nitrogen functional groups attached to an aromatic ring is 1. The number of likely N-dealkylation sites (tertiary alicyclic amines) is 1. The van der Waals surface area contributed by atoms with E-state index in [1.165, 1.54) is 0 Å². The van der Waals surface area contributed by atoms with E-state index in [-0.39, 0.29) is 36.9 Å². The molecule has 0 radical (unpaired) electrons. The Balaban J connectivity index is 1.44. The molecule has 9 heteroatoms. The molecule has 0 aliphatic carbocycles. The molecule has 1 unspecified atom stereocenters. The molecule has 40 heavy (non-hydrogen) atoms. The van der Waals surface area contributed by atoms with Crippen LogP contribution in [0.4, 0.5) is 5.69 Å². The van der Waals surface area contributed by atoms with Gasteiger partial charge in [-0.3, -0.25) is 20.4 Å². The molecule has 2 aliphatic heterocycles. The minimum absolute atomic E-state index is 0.00187. The Bertz CT molecular complexity index is 1480. The number of rotatable bonds is 7. The number of benzene rings is 3. The number of nitrogens with two attached hydrogens (primary N) is 1. The number of anilines is 1. The summed E-state index contributed by atoms with van der Waals surface area (Å²) in [6.07, 6.45) is 2.00. The van der Waals surface area contributed by atoms with Gasteiger partial charge in [0.2, 0.25) is 5.91 Å². The van der Waals surface area contributed by atoms with Crippen molar-refractivity contribution in [3.05, 3.63) is 71.3 Å². The molecule has 2 heterocycles. The number of nitrogens with one attached hydrogen (secondary N) is 2. The van der Waals surface area contributed by atoms with Gasteiger partial charge >= 0.3 is 5.97 Å².